The van der Waals surface area contributed by atoms with Crippen LogP contribution in [0.15, 0.2) is 59.4 Å². The average molecular weight is 443 g/mol. The second-order valence-electron chi connectivity index (χ2n) is 6.48. The second kappa shape index (κ2) is 11.2. The van der Waals surface area contributed by atoms with Gasteiger partial charge in [-0.25, -0.2) is 4.98 Å². The molecule has 0 saturated carbocycles. The molecule has 3 rings (SSSR count). The van der Waals surface area contributed by atoms with E-state index >= 15 is 0 Å². The van der Waals surface area contributed by atoms with Gasteiger partial charge in [-0.15, -0.1) is 22.7 Å². The smallest absolute Gasteiger partial charge is 0.239 e. The Balaban J connectivity index is 1.55. The zero-order valence-corrected chi connectivity index (χ0v) is 17.9. The van der Waals surface area contributed by atoms with Crippen LogP contribution in [0.5, 0.6) is 0 Å². The first-order valence-electron chi connectivity index (χ1n) is 9.40. The van der Waals surface area contributed by atoms with E-state index in [-0.39, 0.29) is 37.1 Å². The van der Waals surface area contributed by atoms with Crippen LogP contribution in [0.2, 0.25) is 0 Å². The number of rotatable bonds is 10. The van der Waals surface area contributed by atoms with Gasteiger partial charge in [-0.3, -0.25) is 14.4 Å². The van der Waals surface area contributed by atoms with Crippen LogP contribution in [0.1, 0.15) is 23.3 Å². The lowest BCUT2D eigenvalue weighted by molar-refractivity contribution is -0.137. The minimum Gasteiger partial charge on any atom is -0.350 e. The Bertz CT molecular complexity index is 944. The predicted molar refractivity (Wildman–Crippen MR) is 118 cm³/mol. The van der Waals surface area contributed by atoms with Gasteiger partial charge in [0, 0.05) is 35.8 Å². The third-order valence-electron chi connectivity index (χ3n) is 4.19. The number of nitrogens with zero attached hydrogens (tertiary/aromatic N) is 2. The van der Waals surface area contributed by atoms with E-state index < -0.39 is 0 Å². The monoisotopic (exact) mass is 442 g/mol. The van der Waals surface area contributed by atoms with Crippen molar-refractivity contribution in [2.75, 3.05) is 11.9 Å². The van der Waals surface area contributed by atoms with Crippen LogP contribution in [-0.2, 0) is 27.5 Å². The molecule has 3 amide bonds. The van der Waals surface area contributed by atoms with Crippen LogP contribution >= 0.6 is 22.7 Å². The Hall–Kier alpha value is -3.04. The predicted octanol–water partition coefficient (Wildman–Crippen LogP) is 3.27. The van der Waals surface area contributed by atoms with Crippen molar-refractivity contribution in [3.05, 3.63) is 69.9 Å². The molecule has 0 atom stereocenters. The summed E-state index contributed by atoms with van der Waals surface area (Å²) in [6.07, 6.45) is 1.64. The first-order valence-corrected chi connectivity index (χ1v) is 11.2. The summed E-state index contributed by atoms with van der Waals surface area (Å²) >= 11 is 2.88. The van der Waals surface area contributed by atoms with E-state index in [0.29, 0.717) is 18.2 Å². The zero-order valence-electron chi connectivity index (χ0n) is 16.2. The third kappa shape index (κ3) is 7.09. The molecule has 0 spiro atoms. The normalized spacial score (nSPS) is 10.4. The van der Waals surface area contributed by atoms with E-state index in [1.165, 1.54) is 16.2 Å². The Labute approximate surface area is 182 Å². The maximum absolute atomic E-state index is 12.8. The van der Waals surface area contributed by atoms with Gasteiger partial charge in [0.25, 0.3) is 0 Å². The molecule has 2 heterocycles. The lowest BCUT2D eigenvalue weighted by Gasteiger charge is -2.22. The van der Waals surface area contributed by atoms with Crippen LogP contribution in [0.25, 0.3) is 0 Å². The molecule has 0 fully saturated rings. The molecule has 156 valence electrons. The molecule has 0 bridgehead atoms. The molecular formula is C21H22N4O3S2. The summed E-state index contributed by atoms with van der Waals surface area (Å²) < 4.78 is 0. The van der Waals surface area contributed by atoms with Gasteiger partial charge in [-0.2, -0.15) is 0 Å². The number of amides is 3. The fourth-order valence-electron chi connectivity index (χ4n) is 2.71. The maximum Gasteiger partial charge on any atom is 0.239 e. The molecule has 9 heteroatoms. The average Bonchev–Trinajstić information content (AvgIpc) is 3.45. The molecule has 0 aliphatic carbocycles. The van der Waals surface area contributed by atoms with Crippen molar-refractivity contribution in [2.45, 2.75) is 25.9 Å². The van der Waals surface area contributed by atoms with Crippen LogP contribution < -0.4 is 10.6 Å². The van der Waals surface area contributed by atoms with E-state index in [4.69, 9.17) is 0 Å². The summed E-state index contributed by atoms with van der Waals surface area (Å²) in [5.74, 6) is -0.764. The number of hydrogen-bond donors (Lipinski definition) is 2. The van der Waals surface area contributed by atoms with Gasteiger partial charge >= 0.3 is 0 Å². The highest BCUT2D eigenvalue weighted by Crippen LogP contribution is 2.12. The van der Waals surface area contributed by atoms with Crippen LogP contribution in [0.3, 0.4) is 0 Å². The molecular weight excluding hydrogens is 420 g/mol. The van der Waals surface area contributed by atoms with Crippen LogP contribution in [-0.4, -0.2) is 34.2 Å². The lowest BCUT2D eigenvalue weighted by atomic mass is 10.2. The van der Waals surface area contributed by atoms with Gasteiger partial charge in [0.1, 0.15) is 0 Å². The van der Waals surface area contributed by atoms with E-state index in [0.717, 1.165) is 10.4 Å². The SMILES string of the molecule is O=C(CN(Cc1ccccc1)C(=O)CCC(=O)Nc1nccs1)NCc1cccs1. The van der Waals surface area contributed by atoms with Gasteiger partial charge in [-0.1, -0.05) is 36.4 Å². The third-order valence-corrected chi connectivity index (χ3v) is 5.75. The van der Waals surface area contributed by atoms with Gasteiger partial charge in [-0.05, 0) is 17.0 Å². The number of hydrogen-bond acceptors (Lipinski definition) is 6. The minimum atomic E-state index is -0.278. The maximum atomic E-state index is 12.8. The number of thiophene rings is 1. The standard InChI is InChI=1S/C21H22N4O3S2/c26-18(24-21-22-10-12-30-21)8-9-20(28)25(14-16-5-2-1-3-6-16)15-19(27)23-13-17-7-4-11-29-17/h1-7,10-12H,8-9,13-15H2,(H,23,27)(H,22,24,26). The molecule has 1 aromatic carbocycles. The first kappa shape index (κ1) is 21.7. The fourth-order valence-corrected chi connectivity index (χ4v) is 3.90. The van der Waals surface area contributed by atoms with Crippen LogP contribution in [0, 0.1) is 0 Å². The zero-order chi connectivity index (χ0) is 21.2. The molecule has 0 radical (unpaired) electrons. The van der Waals surface area contributed by atoms with E-state index in [2.05, 4.69) is 15.6 Å². The number of aromatic nitrogens is 1. The summed E-state index contributed by atoms with van der Waals surface area (Å²) in [6, 6.07) is 13.3. The first-order chi connectivity index (χ1) is 14.6. The minimum absolute atomic E-state index is 0.0161. The number of benzene rings is 1. The van der Waals surface area contributed by atoms with Gasteiger partial charge < -0.3 is 15.5 Å². The number of carbonyl (C=O) groups excluding carboxylic acids is 3. The number of nitrogens with one attached hydrogen (secondary N) is 2. The highest BCUT2D eigenvalue weighted by molar-refractivity contribution is 7.13. The molecule has 3 aromatic rings. The van der Waals surface area contributed by atoms with Crippen molar-refractivity contribution in [3.8, 4) is 0 Å². The van der Waals surface area contributed by atoms with E-state index in [1.54, 1.807) is 22.9 Å². The number of carbonyl (C=O) groups is 3. The highest BCUT2D eigenvalue weighted by Gasteiger charge is 2.19. The van der Waals surface area contributed by atoms with Gasteiger partial charge in [0.15, 0.2) is 5.13 Å². The summed E-state index contributed by atoms with van der Waals surface area (Å²) in [4.78, 5) is 43.8. The molecule has 7 nitrogen and oxygen atoms in total. The van der Waals surface area contributed by atoms with Crippen molar-refractivity contribution < 1.29 is 14.4 Å². The molecule has 2 aromatic heterocycles. The van der Waals surface area contributed by atoms with Crippen molar-refractivity contribution in [3.63, 3.8) is 0 Å². The number of thiazole rings is 1. The topological polar surface area (TPSA) is 91.4 Å². The fraction of sp³-hybridized carbons (Fsp3) is 0.238. The summed E-state index contributed by atoms with van der Waals surface area (Å²) in [5, 5.41) is 9.71. The van der Waals surface area contributed by atoms with E-state index in [9.17, 15) is 14.4 Å². The lowest BCUT2D eigenvalue weighted by Crippen LogP contribution is -2.40. The van der Waals surface area contributed by atoms with Gasteiger partial charge in [0.05, 0.1) is 13.1 Å². The van der Waals surface area contributed by atoms with Crippen molar-refractivity contribution in [1.29, 1.82) is 0 Å². The molecule has 0 saturated heterocycles. The number of anilines is 1. The van der Waals surface area contributed by atoms with Gasteiger partial charge in [0.2, 0.25) is 17.7 Å². The molecule has 2 N–H and O–H groups in total. The quantitative estimate of drug-likeness (QED) is 0.504. The van der Waals surface area contributed by atoms with E-state index in [1.807, 2.05) is 47.8 Å². The summed E-state index contributed by atoms with van der Waals surface area (Å²) in [6.45, 7) is 0.674. The summed E-state index contributed by atoms with van der Waals surface area (Å²) in [7, 11) is 0. The van der Waals surface area contributed by atoms with Crippen molar-refractivity contribution >= 4 is 45.5 Å². The summed E-state index contributed by atoms with van der Waals surface area (Å²) in [5.41, 5.74) is 0.921. The Kier molecular flexibility index (Phi) is 8.10. The molecule has 0 aliphatic rings. The highest BCUT2D eigenvalue weighted by atomic mass is 32.1. The van der Waals surface area contributed by atoms with Crippen LogP contribution in [0.4, 0.5) is 5.13 Å². The molecule has 0 aliphatic heterocycles. The largest absolute Gasteiger partial charge is 0.350 e. The molecule has 0 unspecified atom stereocenters. The Morgan fingerprint density at radius 1 is 0.933 bits per heavy atom. The second-order valence-corrected chi connectivity index (χ2v) is 8.40. The van der Waals surface area contributed by atoms with Crippen molar-refractivity contribution in [2.24, 2.45) is 0 Å². The molecule has 30 heavy (non-hydrogen) atoms. The Morgan fingerprint density at radius 3 is 2.47 bits per heavy atom. The Morgan fingerprint density at radius 2 is 1.77 bits per heavy atom. The van der Waals surface area contributed by atoms with Crippen molar-refractivity contribution in [1.82, 2.24) is 15.2 Å².